The van der Waals surface area contributed by atoms with Crippen LogP contribution < -0.4 is 10.4 Å². The third-order valence-electron chi connectivity index (χ3n) is 7.29. The number of carboxylic acids is 1. The van der Waals surface area contributed by atoms with Crippen LogP contribution >= 0.6 is 0 Å². The second-order valence-electron chi connectivity index (χ2n) is 10.4. The number of unbranched alkanes of at least 4 members (excludes halogenated alkanes) is 12. The zero-order chi connectivity index (χ0) is 24.6. The lowest BCUT2D eigenvalue weighted by Crippen LogP contribution is -2.50. The van der Waals surface area contributed by atoms with E-state index in [1.165, 1.54) is 133 Å². The lowest BCUT2D eigenvalue weighted by molar-refractivity contribution is -0.929. The van der Waals surface area contributed by atoms with E-state index in [0.29, 0.717) is 0 Å². The number of nitrogens with zero attached hydrogens (tertiary/aromatic N) is 1. The first-order valence-electron chi connectivity index (χ1n) is 14.8. The third kappa shape index (κ3) is 18.4. The second kappa shape index (κ2) is 23.1. The van der Waals surface area contributed by atoms with E-state index in [1.54, 1.807) is 0 Å². The van der Waals surface area contributed by atoms with Crippen LogP contribution in [-0.2, 0) is 4.79 Å². The van der Waals surface area contributed by atoms with Gasteiger partial charge in [0.15, 0.2) is 0 Å². The first-order chi connectivity index (χ1) is 16.0. The number of hydrogen-bond acceptors (Lipinski definition) is 3. The van der Waals surface area contributed by atoms with Crippen molar-refractivity contribution in [3.63, 3.8) is 0 Å². The molecule has 0 aromatic rings. The Labute approximate surface area is 207 Å². The molecule has 1 fully saturated rings. The number of rotatable bonds is 21. The van der Waals surface area contributed by atoms with Crippen molar-refractivity contribution in [3.05, 3.63) is 0 Å². The highest BCUT2D eigenvalue weighted by Crippen LogP contribution is 2.19. The van der Waals surface area contributed by atoms with E-state index in [-0.39, 0.29) is 6.04 Å². The predicted molar refractivity (Wildman–Crippen MR) is 142 cm³/mol. The van der Waals surface area contributed by atoms with Gasteiger partial charge in [-0.3, -0.25) is 0 Å². The highest BCUT2D eigenvalue weighted by molar-refractivity contribution is 5.71. The number of quaternary nitrogens is 1. The first-order valence-corrected chi connectivity index (χ1v) is 14.8. The van der Waals surface area contributed by atoms with E-state index in [1.807, 2.05) is 0 Å². The van der Waals surface area contributed by atoms with E-state index < -0.39 is 5.97 Å². The van der Waals surface area contributed by atoms with Gasteiger partial charge in [0.25, 0.3) is 0 Å². The number of hydrogen-bond donors (Lipinski definition) is 1. The molecule has 1 saturated heterocycles. The van der Waals surface area contributed by atoms with E-state index in [4.69, 9.17) is 0 Å². The van der Waals surface area contributed by atoms with Crippen LogP contribution in [0.3, 0.4) is 0 Å². The Bertz CT molecular complexity index is 368. The van der Waals surface area contributed by atoms with E-state index in [0.717, 1.165) is 19.4 Å². The second-order valence-corrected chi connectivity index (χ2v) is 10.4. The Kier molecular flexibility index (Phi) is 22.7. The number of nitrogens with one attached hydrogen (secondary N) is 1. The molecule has 1 heterocycles. The van der Waals surface area contributed by atoms with Gasteiger partial charge in [-0.05, 0) is 70.8 Å². The molecular weight excluding hydrogens is 408 g/mol. The third-order valence-corrected chi connectivity index (χ3v) is 7.29. The maximum absolute atomic E-state index is 10.0. The summed E-state index contributed by atoms with van der Waals surface area (Å²) in [6.45, 7) is 16.0. The SMILES string of the molecule is CCCCCC[N+](CCCCCC)(CCCCCC)CCCCCC.O=C([O-])[C@@H]1CCCN1. The molecule has 33 heavy (non-hydrogen) atoms. The molecule has 1 rings (SSSR count). The lowest BCUT2D eigenvalue weighted by Gasteiger charge is -2.39. The Morgan fingerprint density at radius 1 is 0.667 bits per heavy atom. The first kappa shape index (κ1) is 32.4. The van der Waals surface area contributed by atoms with Crippen LogP contribution in [-0.4, -0.2) is 49.2 Å². The Morgan fingerprint density at radius 2 is 1.03 bits per heavy atom. The minimum Gasteiger partial charge on any atom is -0.548 e. The van der Waals surface area contributed by atoms with Crippen LogP contribution in [0.15, 0.2) is 0 Å². The quantitative estimate of drug-likeness (QED) is 0.152. The van der Waals surface area contributed by atoms with Crippen LogP contribution in [0.2, 0.25) is 0 Å². The zero-order valence-corrected chi connectivity index (χ0v) is 23.1. The van der Waals surface area contributed by atoms with Crippen molar-refractivity contribution in [2.75, 3.05) is 32.7 Å². The molecule has 4 heteroatoms. The molecule has 0 saturated carbocycles. The van der Waals surface area contributed by atoms with Gasteiger partial charge in [-0.25, -0.2) is 0 Å². The summed E-state index contributed by atoms with van der Waals surface area (Å²) in [6.07, 6.45) is 24.5. The van der Waals surface area contributed by atoms with Gasteiger partial charge < -0.3 is 19.7 Å². The summed E-state index contributed by atoms with van der Waals surface area (Å²) in [6, 6.07) is -0.380. The lowest BCUT2D eigenvalue weighted by atomic mass is 10.1. The van der Waals surface area contributed by atoms with E-state index >= 15 is 0 Å². The monoisotopic (exact) mass is 468 g/mol. The van der Waals surface area contributed by atoms with Crippen LogP contribution in [0.1, 0.15) is 143 Å². The Morgan fingerprint density at radius 3 is 1.24 bits per heavy atom. The van der Waals surface area contributed by atoms with Crippen molar-refractivity contribution in [2.45, 2.75) is 149 Å². The molecular formula is C29H60N2O2. The molecule has 1 atom stereocenters. The number of carbonyl (C=O) groups is 1. The van der Waals surface area contributed by atoms with Gasteiger partial charge in [0.05, 0.1) is 32.1 Å². The molecule has 4 nitrogen and oxygen atoms in total. The fourth-order valence-electron chi connectivity index (χ4n) is 5.05. The average molecular weight is 469 g/mol. The topological polar surface area (TPSA) is 52.2 Å². The van der Waals surface area contributed by atoms with Crippen molar-refractivity contribution in [1.29, 1.82) is 0 Å². The molecule has 1 aliphatic heterocycles. The normalized spacial score (nSPS) is 15.9. The average Bonchev–Trinajstić information content (AvgIpc) is 3.36. The molecule has 198 valence electrons. The van der Waals surface area contributed by atoms with Gasteiger partial charge in [-0.2, -0.15) is 0 Å². The van der Waals surface area contributed by atoms with Gasteiger partial charge in [-0.1, -0.05) is 79.1 Å². The van der Waals surface area contributed by atoms with Gasteiger partial charge in [-0.15, -0.1) is 0 Å². The molecule has 0 aromatic heterocycles. The number of aliphatic carboxylic acids is 1. The van der Waals surface area contributed by atoms with Crippen molar-refractivity contribution >= 4 is 5.97 Å². The van der Waals surface area contributed by atoms with Crippen LogP contribution in [0, 0.1) is 0 Å². The molecule has 0 radical (unpaired) electrons. The molecule has 0 aromatic carbocycles. The maximum atomic E-state index is 10.0. The summed E-state index contributed by atoms with van der Waals surface area (Å²) in [7, 11) is 0. The largest absolute Gasteiger partial charge is 0.548 e. The van der Waals surface area contributed by atoms with Crippen molar-refractivity contribution < 1.29 is 14.4 Å². The summed E-state index contributed by atoms with van der Waals surface area (Å²) in [4.78, 5) is 10.0. The molecule has 0 bridgehead atoms. The standard InChI is InChI=1S/C24H52N.C5H9NO2/c1-5-9-13-17-21-25(22-18-14-10-6-2,23-19-15-11-7-3)24-20-16-12-8-4;7-5(8)4-2-1-3-6-4/h5-24H2,1-4H3;4,6H,1-3H2,(H,7,8)/q+1;/p-1/t;4-/m.0/s1. The van der Waals surface area contributed by atoms with Gasteiger partial charge >= 0.3 is 0 Å². The predicted octanol–water partition coefficient (Wildman–Crippen LogP) is 6.61. The molecule has 1 N–H and O–H groups in total. The van der Waals surface area contributed by atoms with Gasteiger partial charge in [0, 0.05) is 6.04 Å². The summed E-state index contributed by atoms with van der Waals surface area (Å²) < 4.78 is 1.46. The smallest absolute Gasteiger partial charge is 0.0786 e. The van der Waals surface area contributed by atoms with E-state index in [9.17, 15) is 9.90 Å². The zero-order valence-electron chi connectivity index (χ0n) is 23.1. The minimum absolute atomic E-state index is 0.380. The number of carboxylic acid groups (broad SMARTS) is 1. The van der Waals surface area contributed by atoms with Crippen LogP contribution in [0.5, 0.6) is 0 Å². The molecule has 0 spiro atoms. The summed E-state index contributed by atoms with van der Waals surface area (Å²) in [5.74, 6) is -0.970. The highest BCUT2D eigenvalue weighted by atomic mass is 16.4. The van der Waals surface area contributed by atoms with Gasteiger partial charge in [0.2, 0.25) is 0 Å². The fraction of sp³-hybridized carbons (Fsp3) is 0.966. The van der Waals surface area contributed by atoms with Crippen molar-refractivity contribution in [2.24, 2.45) is 0 Å². The number of carbonyl (C=O) groups excluding carboxylic acids is 1. The minimum atomic E-state index is -0.970. The Balaban J connectivity index is 0.00000106. The molecule has 1 aliphatic rings. The molecule has 0 aliphatic carbocycles. The summed E-state index contributed by atoms with van der Waals surface area (Å²) in [5.41, 5.74) is 0. The summed E-state index contributed by atoms with van der Waals surface area (Å²) >= 11 is 0. The van der Waals surface area contributed by atoms with Crippen molar-refractivity contribution in [1.82, 2.24) is 5.32 Å². The van der Waals surface area contributed by atoms with Crippen LogP contribution in [0.25, 0.3) is 0 Å². The van der Waals surface area contributed by atoms with Crippen molar-refractivity contribution in [3.8, 4) is 0 Å². The molecule has 0 unspecified atom stereocenters. The molecule has 0 amide bonds. The maximum Gasteiger partial charge on any atom is 0.0786 e. The summed E-state index contributed by atoms with van der Waals surface area (Å²) in [5, 5.41) is 12.8. The van der Waals surface area contributed by atoms with Gasteiger partial charge in [0.1, 0.15) is 0 Å². The highest BCUT2D eigenvalue weighted by Gasteiger charge is 2.25. The Hall–Kier alpha value is -0.610. The van der Waals surface area contributed by atoms with E-state index in [2.05, 4.69) is 33.0 Å². The fourth-order valence-corrected chi connectivity index (χ4v) is 5.05. The van der Waals surface area contributed by atoms with Crippen LogP contribution in [0.4, 0.5) is 0 Å².